The average Bonchev–Trinajstić information content (AvgIpc) is 3.47. The minimum Gasteiger partial charge on any atom is -0.868 e. The molecule has 2 aliphatic rings. The van der Waals surface area contributed by atoms with Crippen molar-refractivity contribution in [1.82, 2.24) is 4.57 Å². The number of allylic oxidation sites excluding steroid dienone is 1. The zero-order valence-electron chi connectivity index (χ0n) is 17.6. The Morgan fingerprint density at radius 1 is 1.12 bits per heavy atom. The third-order valence-electron chi connectivity index (χ3n) is 6.16. The van der Waals surface area contributed by atoms with E-state index in [1.54, 1.807) is 22.0 Å². The van der Waals surface area contributed by atoms with Crippen molar-refractivity contribution in [2.24, 2.45) is 4.99 Å². The van der Waals surface area contributed by atoms with Crippen molar-refractivity contribution >= 4 is 40.1 Å². The van der Waals surface area contributed by atoms with Gasteiger partial charge in [0.2, 0.25) is 0 Å². The second kappa shape index (κ2) is 7.89. The lowest BCUT2D eigenvalue weighted by atomic mass is 9.85. The SMILES string of the molecule is O=c1/c(=C\c2ccc([O-])c([N+](=O)[O-])c2)sc2n1[C@@H](c1cccs1)C1=C(N=2)c2ccccc2CC1. The molecule has 3 heterocycles. The number of fused-ring (bicyclic) bond motifs is 3. The van der Waals surface area contributed by atoms with Crippen LogP contribution in [0.25, 0.3) is 11.8 Å². The van der Waals surface area contributed by atoms with Gasteiger partial charge in [-0.3, -0.25) is 19.5 Å². The largest absolute Gasteiger partial charge is 0.868 e. The summed E-state index contributed by atoms with van der Waals surface area (Å²) in [6.45, 7) is 0. The molecule has 34 heavy (non-hydrogen) atoms. The van der Waals surface area contributed by atoms with Crippen LogP contribution in [0.2, 0.25) is 0 Å². The lowest BCUT2D eigenvalue weighted by Crippen LogP contribution is -2.38. The number of nitro groups is 1. The molecular formula is C25H16N3O4S2-. The van der Waals surface area contributed by atoms with Gasteiger partial charge < -0.3 is 5.11 Å². The minimum absolute atomic E-state index is 0.193. The van der Waals surface area contributed by atoms with E-state index >= 15 is 0 Å². The molecule has 1 atom stereocenters. The predicted molar refractivity (Wildman–Crippen MR) is 130 cm³/mol. The topological polar surface area (TPSA) is 101 Å². The van der Waals surface area contributed by atoms with Crippen molar-refractivity contribution < 1.29 is 10.0 Å². The molecule has 0 spiro atoms. The van der Waals surface area contributed by atoms with Crippen molar-refractivity contribution in [1.29, 1.82) is 0 Å². The molecule has 0 amide bonds. The Morgan fingerprint density at radius 3 is 2.76 bits per heavy atom. The van der Waals surface area contributed by atoms with Crippen LogP contribution in [0, 0.1) is 10.1 Å². The van der Waals surface area contributed by atoms with Crippen molar-refractivity contribution in [2.75, 3.05) is 0 Å². The lowest BCUT2D eigenvalue weighted by molar-refractivity contribution is -0.398. The summed E-state index contributed by atoms with van der Waals surface area (Å²) >= 11 is 2.87. The van der Waals surface area contributed by atoms with Crippen molar-refractivity contribution in [3.05, 3.63) is 117 Å². The molecule has 1 aliphatic carbocycles. The first-order valence-electron chi connectivity index (χ1n) is 10.6. The number of nitro benzene ring substituents is 1. The first-order valence-corrected chi connectivity index (χ1v) is 12.3. The smallest absolute Gasteiger partial charge is 0.271 e. The van der Waals surface area contributed by atoms with Crippen LogP contribution in [0.3, 0.4) is 0 Å². The summed E-state index contributed by atoms with van der Waals surface area (Å²) in [6, 6.07) is 15.9. The highest BCUT2D eigenvalue weighted by Gasteiger charge is 2.33. The molecule has 0 radical (unpaired) electrons. The number of aryl methyl sites for hydroxylation is 1. The maximum atomic E-state index is 13.6. The summed E-state index contributed by atoms with van der Waals surface area (Å²) in [5.74, 6) is -0.660. The number of hydrogen-bond acceptors (Lipinski definition) is 7. The molecule has 1 aliphatic heterocycles. The van der Waals surface area contributed by atoms with Crippen LogP contribution in [-0.2, 0) is 6.42 Å². The molecule has 0 unspecified atom stereocenters. The minimum atomic E-state index is -0.705. The number of rotatable bonds is 3. The molecule has 168 valence electrons. The first-order chi connectivity index (χ1) is 16.5. The highest BCUT2D eigenvalue weighted by molar-refractivity contribution is 7.10. The van der Waals surface area contributed by atoms with E-state index in [0.717, 1.165) is 40.6 Å². The monoisotopic (exact) mass is 486 g/mol. The molecule has 0 N–H and O–H groups in total. The summed E-state index contributed by atoms with van der Waals surface area (Å²) in [7, 11) is 0. The Morgan fingerprint density at radius 2 is 1.97 bits per heavy atom. The zero-order chi connectivity index (χ0) is 23.4. The Bertz CT molecular complexity index is 1680. The van der Waals surface area contributed by atoms with Gasteiger partial charge in [0.05, 0.1) is 21.2 Å². The van der Waals surface area contributed by atoms with Gasteiger partial charge in [0.25, 0.3) is 11.2 Å². The number of nitrogens with zero attached hydrogens (tertiary/aromatic N) is 3. The first kappa shape index (κ1) is 20.8. The quantitative estimate of drug-likeness (QED) is 0.327. The number of thiophene rings is 1. The van der Waals surface area contributed by atoms with E-state index in [4.69, 9.17) is 4.99 Å². The maximum Gasteiger partial charge on any atom is 0.271 e. The normalized spacial score (nSPS) is 17.1. The van der Waals surface area contributed by atoms with Gasteiger partial charge in [-0.1, -0.05) is 53.8 Å². The number of aromatic nitrogens is 1. The van der Waals surface area contributed by atoms with Crippen LogP contribution in [0.4, 0.5) is 5.69 Å². The van der Waals surface area contributed by atoms with Crippen molar-refractivity contribution in [3.63, 3.8) is 0 Å². The van der Waals surface area contributed by atoms with E-state index in [1.165, 1.54) is 29.0 Å². The highest BCUT2D eigenvalue weighted by atomic mass is 32.1. The standard InChI is InChI=1S/C25H17N3O4S2/c29-19-10-7-14(12-18(19)28(31)32)13-21-24(30)27-23(20-6-3-11-33-20)17-9-8-15-4-1-2-5-16(15)22(17)26-25(27)34-21/h1-7,10-13,23,29H,8-9H2/p-1/b21-13+/t23-/m1/s1. The molecular weight excluding hydrogens is 470 g/mol. The predicted octanol–water partition coefficient (Wildman–Crippen LogP) is 3.36. The molecule has 7 nitrogen and oxygen atoms in total. The van der Waals surface area contributed by atoms with Gasteiger partial charge in [0.1, 0.15) is 0 Å². The van der Waals surface area contributed by atoms with Gasteiger partial charge in [-0.05, 0) is 52.8 Å². The number of thiazole rings is 1. The summed E-state index contributed by atoms with van der Waals surface area (Å²) in [6.07, 6.45) is 3.31. The van der Waals surface area contributed by atoms with Crippen LogP contribution in [0.1, 0.15) is 34.0 Å². The second-order valence-electron chi connectivity index (χ2n) is 8.11. The second-order valence-corrected chi connectivity index (χ2v) is 10.1. The van der Waals surface area contributed by atoms with E-state index in [9.17, 15) is 20.0 Å². The van der Waals surface area contributed by atoms with E-state index in [-0.39, 0.29) is 11.6 Å². The summed E-state index contributed by atoms with van der Waals surface area (Å²) in [5, 5.41) is 25.0. The summed E-state index contributed by atoms with van der Waals surface area (Å²) in [4.78, 5) is 30.7. The Hall–Kier alpha value is -3.82. The van der Waals surface area contributed by atoms with Crippen LogP contribution in [0.15, 0.2) is 75.3 Å². The third-order valence-corrected chi connectivity index (χ3v) is 8.07. The van der Waals surface area contributed by atoms with Crippen LogP contribution in [-0.4, -0.2) is 9.49 Å². The third kappa shape index (κ3) is 3.24. The van der Waals surface area contributed by atoms with Crippen LogP contribution < -0.4 is 20.0 Å². The molecule has 2 aromatic heterocycles. The maximum absolute atomic E-state index is 13.6. The van der Waals surface area contributed by atoms with Crippen molar-refractivity contribution in [3.8, 4) is 5.75 Å². The van der Waals surface area contributed by atoms with E-state index in [0.29, 0.717) is 14.9 Å². The van der Waals surface area contributed by atoms with Gasteiger partial charge in [0.15, 0.2) is 4.80 Å². The van der Waals surface area contributed by atoms with Gasteiger partial charge in [-0.2, -0.15) is 0 Å². The number of hydrogen-bond donors (Lipinski definition) is 0. The lowest BCUT2D eigenvalue weighted by Gasteiger charge is -2.30. The molecule has 0 fully saturated rings. The summed E-state index contributed by atoms with van der Waals surface area (Å²) in [5.41, 5.74) is 4.14. The Labute approximate surface area is 201 Å². The van der Waals surface area contributed by atoms with E-state index in [2.05, 4.69) is 12.1 Å². The molecule has 0 saturated heterocycles. The van der Waals surface area contributed by atoms with Crippen LogP contribution >= 0.6 is 22.7 Å². The zero-order valence-corrected chi connectivity index (χ0v) is 19.3. The summed E-state index contributed by atoms with van der Waals surface area (Å²) < 4.78 is 2.16. The fourth-order valence-corrected chi connectivity index (χ4v) is 6.49. The molecule has 6 rings (SSSR count). The molecule has 0 bridgehead atoms. The van der Waals surface area contributed by atoms with Crippen LogP contribution in [0.5, 0.6) is 5.75 Å². The Balaban J connectivity index is 1.59. The van der Waals surface area contributed by atoms with E-state index in [1.807, 2.05) is 29.6 Å². The van der Waals surface area contributed by atoms with Gasteiger partial charge in [-0.15, -0.1) is 11.3 Å². The molecule has 9 heteroatoms. The fourth-order valence-electron chi connectivity index (χ4n) is 4.64. The number of benzene rings is 2. The molecule has 4 aromatic rings. The van der Waals surface area contributed by atoms with E-state index < -0.39 is 16.4 Å². The molecule has 2 aromatic carbocycles. The van der Waals surface area contributed by atoms with Gasteiger partial charge in [0, 0.05) is 16.5 Å². The highest BCUT2D eigenvalue weighted by Crippen LogP contribution is 2.42. The Kier molecular flexibility index (Phi) is 4.82. The molecule has 0 saturated carbocycles. The van der Waals surface area contributed by atoms with Crippen molar-refractivity contribution in [2.45, 2.75) is 18.9 Å². The van der Waals surface area contributed by atoms with Gasteiger partial charge >= 0.3 is 0 Å². The van der Waals surface area contributed by atoms with Gasteiger partial charge in [-0.25, -0.2) is 4.99 Å². The fraction of sp³-hybridized carbons (Fsp3) is 0.120. The average molecular weight is 487 g/mol.